The van der Waals surface area contributed by atoms with Crippen molar-refractivity contribution in [1.82, 2.24) is 0 Å². The molecule has 1 aromatic carbocycles. The van der Waals surface area contributed by atoms with Gasteiger partial charge in [0.2, 0.25) is 0 Å². The summed E-state index contributed by atoms with van der Waals surface area (Å²) in [6.45, 7) is 2.11. The van der Waals surface area contributed by atoms with Crippen molar-refractivity contribution in [2.24, 2.45) is 15.9 Å². The molecule has 106 valence electrons. The molecule has 0 amide bonds. The molecule has 0 saturated heterocycles. The fourth-order valence-corrected chi connectivity index (χ4v) is 1.82. The fraction of sp³-hybridized carbons (Fsp3) is 0.125. The second kappa shape index (κ2) is 6.56. The monoisotopic (exact) mass is 281 g/mol. The second-order valence-corrected chi connectivity index (χ2v) is 4.62. The normalized spacial score (nSPS) is 15.7. The number of rotatable bonds is 4. The van der Waals surface area contributed by atoms with Gasteiger partial charge in [0.05, 0.1) is 6.54 Å². The number of nitrogens with zero attached hydrogens (tertiary/aromatic N) is 2. The van der Waals surface area contributed by atoms with Crippen LogP contribution in [0.5, 0.6) is 0 Å². The Morgan fingerprint density at radius 2 is 1.90 bits per heavy atom. The first kappa shape index (κ1) is 14.6. The molecule has 0 unspecified atom stereocenters. The van der Waals surface area contributed by atoms with Crippen molar-refractivity contribution in [2.45, 2.75) is 6.92 Å². The molecule has 0 saturated carbocycles. The van der Waals surface area contributed by atoms with Crippen LogP contribution in [0.2, 0.25) is 0 Å². The largest absolute Gasteiger partial charge is 0.323 e. The molecule has 0 bridgehead atoms. The summed E-state index contributed by atoms with van der Waals surface area (Å²) in [5.41, 5.74) is 2.85. The van der Waals surface area contributed by atoms with E-state index in [0.717, 1.165) is 11.1 Å². The fourth-order valence-electron chi connectivity index (χ4n) is 1.82. The van der Waals surface area contributed by atoms with E-state index in [1.54, 1.807) is 0 Å². The average Bonchev–Trinajstić information content (AvgIpc) is 2.48. The summed E-state index contributed by atoms with van der Waals surface area (Å²) in [4.78, 5) is 26.9. The number of allylic oxidation sites excluding steroid dienone is 3. The number of benzene rings is 1. The summed E-state index contributed by atoms with van der Waals surface area (Å²) in [7, 11) is 0. The van der Waals surface area contributed by atoms with Gasteiger partial charge in [0.15, 0.2) is 11.6 Å². The van der Waals surface area contributed by atoms with Crippen LogP contribution in [0.4, 0.5) is 0 Å². The lowest BCUT2D eigenvalue weighted by molar-refractivity contribution is -0.114. The van der Waals surface area contributed by atoms with E-state index in [2.05, 4.69) is 10.1 Å². The van der Waals surface area contributed by atoms with E-state index in [-0.39, 0.29) is 18.1 Å². The van der Waals surface area contributed by atoms with Crippen molar-refractivity contribution in [3.05, 3.63) is 59.2 Å². The van der Waals surface area contributed by atoms with Crippen LogP contribution in [0.15, 0.2) is 58.2 Å². The van der Waals surface area contributed by atoms with Crippen molar-refractivity contribution in [3.8, 4) is 0 Å². The van der Waals surface area contributed by atoms with E-state index < -0.39 is 0 Å². The highest BCUT2D eigenvalue weighted by atomic mass is 16.1. The topological polar surface area (TPSA) is 84.9 Å². The number of carbonyl (C=O) groups is 2. The smallest absolute Gasteiger partial charge is 0.183 e. The highest BCUT2D eigenvalue weighted by Gasteiger charge is 2.12. The lowest BCUT2D eigenvalue weighted by Gasteiger charge is -2.04. The van der Waals surface area contributed by atoms with Crippen LogP contribution in [0.1, 0.15) is 11.1 Å². The lowest BCUT2D eigenvalue weighted by Crippen LogP contribution is -2.11. The molecule has 0 spiro atoms. The molecule has 5 nitrogen and oxygen atoms in total. The SMILES string of the molecule is Cc1ccc(C(C=NCC2=CC(=O)C=CC2=O)=NN)cc1. The van der Waals surface area contributed by atoms with Gasteiger partial charge in [0, 0.05) is 17.4 Å². The van der Waals surface area contributed by atoms with Crippen LogP contribution in [0.25, 0.3) is 0 Å². The first-order chi connectivity index (χ1) is 10.1. The summed E-state index contributed by atoms with van der Waals surface area (Å²) < 4.78 is 0. The maximum atomic E-state index is 11.6. The number of aryl methyl sites for hydroxylation is 1. The molecule has 5 heteroatoms. The minimum atomic E-state index is -0.203. The molecule has 0 fully saturated rings. The van der Waals surface area contributed by atoms with E-state index in [0.29, 0.717) is 11.3 Å². The van der Waals surface area contributed by atoms with Gasteiger partial charge in [-0.25, -0.2) is 0 Å². The molecule has 21 heavy (non-hydrogen) atoms. The van der Waals surface area contributed by atoms with Gasteiger partial charge >= 0.3 is 0 Å². The average molecular weight is 281 g/mol. The Morgan fingerprint density at radius 3 is 2.57 bits per heavy atom. The quantitative estimate of drug-likeness (QED) is 0.391. The summed E-state index contributed by atoms with van der Waals surface area (Å²) in [5, 5.41) is 3.69. The van der Waals surface area contributed by atoms with Gasteiger partial charge in [0.25, 0.3) is 0 Å². The van der Waals surface area contributed by atoms with Crippen LogP contribution in [0, 0.1) is 6.92 Å². The zero-order valence-corrected chi connectivity index (χ0v) is 11.6. The third-order valence-corrected chi connectivity index (χ3v) is 2.99. The van der Waals surface area contributed by atoms with Gasteiger partial charge in [-0.2, -0.15) is 5.10 Å². The summed E-state index contributed by atoms with van der Waals surface area (Å²) in [6.07, 6.45) is 5.30. The van der Waals surface area contributed by atoms with Gasteiger partial charge in [-0.15, -0.1) is 0 Å². The summed E-state index contributed by atoms with van der Waals surface area (Å²) in [5.74, 6) is 4.96. The Hall–Kier alpha value is -2.82. The molecule has 0 radical (unpaired) electrons. The van der Waals surface area contributed by atoms with Crippen LogP contribution in [0.3, 0.4) is 0 Å². The van der Waals surface area contributed by atoms with Crippen LogP contribution in [-0.4, -0.2) is 30.0 Å². The Balaban J connectivity index is 2.08. The number of hydrazone groups is 1. The lowest BCUT2D eigenvalue weighted by atomic mass is 10.0. The molecule has 1 aliphatic carbocycles. The maximum Gasteiger partial charge on any atom is 0.183 e. The first-order valence-corrected chi connectivity index (χ1v) is 6.42. The van der Waals surface area contributed by atoms with Crippen LogP contribution >= 0.6 is 0 Å². The number of hydrogen-bond donors (Lipinski definition) is 1. The van der Waals surface area contributed by atoms with Gasteiger partial charge in [-0.1, -0.05) is 29.8 Å². The van der Waals surface area contributed by atoms with Crippen LogP contribution < -0.4 is 5.84 Å². The van der Waals surface area contributed by atoms with Crippen molar-refractivity contribution >= 4 is 23.5 Å². The second-order valence-electron chi connectivity index (χ2n) is 4.62. The maximum absolute atomic E-state index is 11.6. The molecular formula is C16H15N3O2. The highest BCUT2D eigenvalue weighted by molar-refractivity contribution is 6.38. The summed E-state index contributed by atoms with van der Waals surface area (Å²) >= 11 is 0. The van der Waals surface area contributed by atoms with E-state index in [1.807, 2.05) is 31.2 Å². The molecule has 1 aromatic rings. The zero-order valence-electron chi connectivity index (χ0n) is 11.6. The number of aliphatic imine (C=N–C) groups is 1. The molecular weight excluding hydrogens is 266 g/mol. The van der Waals surface area contributed by atoms with Crippen molar-refractivity contribution in [3.63, 3.8) is 0 Å². The molecule has 0 heterocycles. The molecule has 2 N–H and O–H groups in total. The molecule has 1 aliphatic rings. The third-order valence-electron chi connectivity index (χ3n) is 2.99. The molecule has 2 rings (SSSR count). The van der Waals surface area contributed by atoms with Crippen LogP contribution in [-0.2, 0) is 9.59 Å². The zero-order chi connectivity index (χ0) is 15.2. The number of ketones is 2. The molecule has 0 atom stereocenters. The van der Waals surface area contributed by atoms with Gasteiger partial charge in [0.1, 0.15) is 5.71 Å². The summed E-state index contributed by atoms with van der Waals surface area (Å²) in [6, 6.07) is 7.69. The van der Waals surface area contributed by atoms with E-state index in [1.165, 1.54) is 24.4 Å². The van der Waals surface area contributed by atoms with Crippen molar-refractivity contribution in [2.75, 3.05) is 6.54 Å². The minimum absolute atomic E-state index is 0.125. The van der Waals surface area contributed by atoms with Gasteiger partial charge < -0.3 is 5.84 Å². The Bertz CT molecular complexity index is 680. The minimum Gasteiger partial charge on any atom is -0.323 e. The predicted octanol–water partition coefficient (Wildman–Crippen LogP) is 1.36. The molecule has 0 aliphatic heterocycles. The van der Waals surface area contributed by atoms with Crippen molar-refractivity contribution < 1.29 is 9.59 Å². The Kier molecular flexibility index (Phi) is 4.56. The van der Waals surface area contributed by atoms with E-state index >= 15 is 0 Å². The van der Waals surface area contributed by atoms with Crippen molar-refractivity contribution in [1.29, 1.82) is 0 Å². The Labute approximate surface area is 122 Å². The van der Waals surface area contributed by atoms with Gasteiger partial charge in [-0.3, -0.25) is 14.6 Å². The standard InChI is InChI=1S/C16H15N3O2/c1-11-2-4-12(5-3-11)15(19-17)10-18-9-13-8-14(20)6-7-16(13)21/h2-8,10H,9,17H2,1H3. The van der Waals surface area contributed by atoms with Gasteiger partial charge in [-0.05, 0) is 25.2 Å². The van der Waals surface area contributed by atoms with E-state index in [4.69, 9.17) is 5.84 Å². The Morgan fingerprint density at radius 1 is 1.19 bits per heavy atom. The number of carbonyl (C=O) groups excluding carboxylic acids is 2. The predicted molar refractivity (Wildman–Crippen MR) is 82.5 cm³/mol. The number of hydrogen-bond acceptors (Lipinski definition) is 5. The number of nitrogens with two attached hydrogens (primary N) is 1. The first-order valence-electron chi connectivity index (χ1n) is 6.42. The third kappa shape index (κ3) is 3.82. The highest BCUT2D eigenvalue weighted by Crippen LogP contribution is 2.06. The molecule has 0 aromatic heterocycles. The van der Waals surface area contributed by atoms with E-state index in [9.17, 15) is 9.59 Å².